The SMILES string of the molecule is COc1cccc(-c2nc[nH]c(=O)c2C(C)C)c1. The van der Waals surface area contributed by atoms with E-state index >= 15 is 0 Å². The van der Waals surface area contributed by atoms with Crippen molar-refractivity contribution >= 4 is 0 Å². The van der Waals surface area contributed by atoms with E-state index < -0.39 is 0 Å². The predicted molar refractivity (Wildman–Crippen MR) is 70.9 cm³/mol. The third-order valence-corrected chi connectivity index (χ3v) is 2.81. The number of aromatic nitrogens is 2. The first-order valence-electron chi connectivity index (χ1n) is 5.85. The normalized spacial score (nSPS) is 10.7. The van der Waals surface area contributed by atoms with E-state index in [1.807, 2.05) is 38.1 Å². The van der Waals surface area contributed by atoms with Gasteiger partial charge in [0, 0.05) is 11.1 Å². The number of methoxy groups -OCH3 is 1. The Balaban J connectivity index is 2.63. The summed E-state index contributed by atoms with van der Waals surface area (Å²) in [6.07, 6.45) is 1.43. The van der Waals surface area contributed by atoms with Crippen molar-refractivity contribution in [3.63, 3.8) is 0 Å². The van der Waals surface area contributed by atoms with Crippen LogP contribution in [0.4, 0.5) is 0 Å². The highest BCUT2D eigenvalue weighted by Crippen LogP contribution is 2.26. The number of benzene rings is 1. The lowest BCUT2D eigenvalue weighted by molar-refractivity contribution is 0.415. The molecule has 4 heteroatoms. The zero-order chi connectivity index (χ0) is 13.1. The summed E-state index contributed by atoms with van der Waals surface area (Å²) in [5.41, 5.74) is 2.22. The quantitative estimate of drug-likeness (QED) is 0.902. The first-order chi connectivity index (χ1) is 8.63. The molecule has 0 bridgehead atoms. The second-order valence-electron chi connectivity index (χ2n) is 4.38. The summed E-state index contributed by atoms with van der Waals surface area (Å²) >= 11 is 0. The fraction of sp³-hybridized carbons (Fsp3) is 0.286. The average molecular weight is 244 g/mol. The zero-order valence-corrected chi connectivity index (χ0v) is 10.7. The molecule has 0 saturated heterocycles. The Morgan fingerprint density at radius 1 is 1.33 bits per heavy atom. The molecule has 0 aliphatic heterocycles. The van der Waals surface area contributed by atoms with Gasteiger partial charge in [0.25, 0.3) is 5.56 Å². The van der Waals surface area contributed by atoms with Crippen molar-refractivity contribution in [3.8, 4) is 17.0 Å². The molecule has 0 aliphatic rings. The molecule has 94 valence electrons. The van der Waals surface area contributed by atoms with Crippen LogP contribution in [0.25, 0.3) is 11.3 Å². The minimum Gasteiger partial charge on any atom is -0.497 e. The van der Waals surface area contributed by atoms with Crippen LogP contribution in [0.15, 0.2) is 35.4 Å². The molecule has 0 spiro atoms. The number of H-pyrrole nitrogens is 1. The lowest BCUT2D eigenvalue weighted by Crippen LogP contribution is -2.16. The van der Waals surface area contributed by atoms with Crippen LogP contribution in [0, 0.1) is 0 Å². The molecular formula is C14H16N2O2. The fourth-order valence-corrected chi connectivity index (χ4v) is 1.95. The zero-order valence-electron chi connectivity index (χ0n) is 10.7. The molecule has 2 rings (SSSR count). The lowest BCUT2D eigenvalue weighted by Gasteiger charge is -2.11. The molecule has 18 heavy (non-hydrogen) atoms. The maximum absolute atomic E-state index is 11.9. The second kappa shape index (κ2) is 5.04. The van der Waals surface area contributed by atoms with Gasteiger partial charge in [-0.1, -0.05) is 26.0 Å². The van der Waals surface area contributed by atoms with Gasteiger partial charge in [-0.25, -0.2) is 4.98 Å². The second-order valence-corrected chi connectivity index (χ2v) is 4.38. The molecule has 1 aromatic carbocycles. The molecule has 1 heterocycles. The number of nitrogens with zero attached hydrogens (tertiary/aromatic N) is 1. The van der Waals surface area contributed by atoms with Gasteiger partial charge >= 0.3 is 0 Å². The van der Waals surface area contributed by atoms with Crippen LogP contribution in [0.3, 0.4) is 0 Å². The Bertz CT molecular complexity index is 603. The molecule has 0 unspecified atom stereocenters. The van der Waals surface area contributed by atoms with Crippen molar-refractivity contribution in [2.75, 3.05) is 7.11 Å². The highest BCUT2D eigenvalue weighted by atomic mass is 16.5. The van der Waals surface area contributed by atoms with Crippen LogP contribution >= 0.6 is 0 Å². The van der Waals surface area contributed by atoms with Gasteiger partial charge in [-0.3, -0.25) is 4.79 Å². The van der Waals surface area contributed by atoms with Crippen LogP contribution in [-0.4, -0.2) is 17.1 Å². The molecule has 0 saturated carbocycles. The predicted octanol–water partition coefficient (Wildman–Crippen LogP) is 2.57. The van der Waals surface area contributed by atoms with Gasteiger partial charge in [0.15, 0.2) is 0 Å². The summed E-state index contributed by atoms with van der Waals surface area (Å²) in [6, 6.07) is 7.57. The van der Waals surface area contributed by atoms with Gasteiger partial charge in [-0.2, -0.15) is 0 Å². The number of hydrogen-bond donors (Lipinski definition) is 1. The molecule has 0 amide bonds. The number of hydrogen-bond acceptors (Lipinski definition) is 3. The Kier molecular flexibility index (Phi) is 3.46. The number of nitrogens with one attached hydrogen (secondary N) is 1. The van der Waals surface area contributed by atoms with Crippen molar-refractivity contribution in [1.29, 1.82) is 0 Å². The third kappa shape index (κ3) is 2.27. The van der Waals surface area contributed by atoms with Gasteiger partial charge in [-0.05, 0) is 18.1 Å². The molecule has 2 aromatic rings. The van der Waals surface area contributed by atoms with E-state index in [-0.39, 0.29) is 11.5 Å². The average Bonchev–Trinajstić information content (AvgIpc) is 2.38. The standard InChI is InChI=1S/C14H16N2O2/c1-9(2)12-13(15-8-16-14(12)17)10-5-4-6-11(7-10)18-3/h4-9H,1-3H3,(H,15,16,17). The van der Waals surface area contributed by atoms with Gasteiger partial charge < -0.3 is 9.72 Å². The minimum atomic E-state index is -0.0854. The Morgan fingerprint density at radius 2 is 2.11 bits per heavy atom. The van der Waals surface area contributed by atoms with Gasteiger partial charge in [0.2, 0.25) is 0 Å². The first-order valence-corrected chi connectivity index (χ1v) is 5.85. The Morgan fingerprint density at radius 3 is 2.78 bits per heavy atom. The van der Waals surface area contributed by atoms with E-state index in [0.717, 1.165) is 11.3 Å². The largest absolute Gasteiger partial charge is 0.497 e. The summed E-state index contributed by atoms with van der Waals surface area (Å²) in [5.74, 6) is 0.868. The lowest BCUT2D eigenvalue weighted by atomic mass is 9.98. The first kappa shape index (κ1) is 12.4. The molecule has 1 N–H and O–H groups in total. The van der Waals surface area contributed by atoms with Crippen molar-refractivity contribution in [2.24, 2.45) is 0 Å². The van der Waals surface area contributed by atoms with E-state index in [0.29, 0.717) is 11.3 Å². The Labute approximate surface area is 106 Å². The monoisotopic (exact) mass is 244 g/mol. The summed E-state index contributed by atoms with van der Waals surface area (Å²) in [6.45, 7) is 3.96. The van der Waals surface area contributed by atoms with E-state index in [4.69, 9.17) is 4.74 Å². The van der Waals surface area contributed by atoms with Crippen molar-refractivity contribution < 1.29 is 4.74 Å². The summed E-state index contributed by atoms with van der Waals surface area (Å²) in [5, 5.41) is 0. The molecule has 1 aromatic heterocycles. The maximum atomic E-state index is 11.9. The van der Waals surface area contributed by atoms with Crippen LogP contribution in [0.2, 0.25) is 0 Å². The van der Waals surface area contributed by atoms with E-state index in [9.17, 15) is 4.79 Å². The number of ether oxygens (including phenoxy) is 1. The highest BCUT2D eigenvalue weighted by Gasteiger charge is 2.14. The Hall–Kier alpha value is -2.10. The van der Waals surface area contributed by atoms with E-state index in [1.165, 1.54) is 6.33 Å². The number of rotatable bonds is 3. The molecule has 0 aliphatic carbocycles. The smallest absolute Gasteiger partial charge is 0.254 e. The third-order valence-electron chi connectivity index (χ3n) is 2.81. The maximum Gasteiger partial charge on any atom is 0.254 e. The van der Waals surface area contributed by atoms with Crippen molar-refractivity contribution in [3.05, 3.63) is 46.5 Å². The summed E-state index contributed by atoms with van der Waals surface area (Å²) in [7, 11) is 1.62. The topological polar surface area (TPSA) is 55.0 Å². The highest BCUT2D eigenvalue weighted by molar-refractivity contribution is 5.64. The van der Waals surface area contributed by atoms with Gasteiger partial charge in [0.05, 0.1) is 19.1 Å². The minimum absolute atomic E-state index is 0.0854. The van der Waals surface area contributed by atoms with Crippen LogP contribution < -0.4 is 10.3 Å². The van der Waals surface area contributed by atoms with Crippen molar-refractivity contribution in [1.82, 2.24) is 9.97 Å². The van der Waals surface area contributed by atoms with Crippen LogP contribution in [0.5, 0.6) is 5.75 Å². The molecule has 0 fully saturated rings. The molecule has 0 radical (unpaired) electrons. The van der Waals surface area contributed by atoms with Crippen LogP contribution in [0.1, 0.15) is 25.3 Å². The summed E-state index contributed by atoms with van der Waals surface area (Å²) in [4.78, 5) is 18.8. The van der Waals surface area contributed by atoms with Crippen molar-refractivity contribution in [2.45, 2.75) is 19.8 Å². The number of aromatic amines is 1. The van der Waals surface area contributed by atoms with Gasteiger partial charge in [0.1, 0.15) is 5.75 Å². The molecule has 4 nitrogen and oxygen atoms in total. The van der Waals surface area contributed by atoms with E-state index in [2.05, 4.69) is 9.97 Å². The van der Waals surface area contributed by atoms with Gasteiger partial charge in [-0.15, -0.1) is 0 Å². The fourth-order valence-electron chi connectivity index (χ4n) is 1.95. The molecular weight excluding hydrogens is 228 g/mol. The van der Waals surface area contributed by atoms with E-state index in [1.54, 1.807) is 7.11 Å². The summed E-state index contributed by atoms with van der Waals surface area (Å²) < 4.78 is 5.19. The molecule has 0 atom stereocenters. The van der Waals surface area contributed by atoms with Crippen LogP contribution in [-0.2, 0) is 0 Å².